The number of Topliss-reactive ketones (excluding diaryl/α,β-unsaturated/α-hetero) is 1. The third kappa shape index (κ3) is 1.76. The zero-order chi connectivity index (χ0) is 18.4. The predicted octanol–water partition coefficient (Wildman–Crippen LogP) is 2.90. The Morgan fingerprint density at radius 3 is 3.12 bits per heavy atom. The summed E-state index contributed by atoms with van der Waals surface area (Å²) in [4.78, 5) is 12.7. The van der Waals surface area contributed by atoms with Gasteiger partial charge < -0.3 is 5.31 Å². The topological polar surface area (TPSA) is 29.1 Å². The van der Waals surface area contributed by atoms with Crippen molar-refractivity contribution in [3.63, 3.8) is 0 Å². The van der Waals surface area contributed by atoms with Crippen molar-refractivity contribution >= 4 is 17.4 Å². The molecule has 2 nitrogen and oxygen atoms in total. The molecule has 1 saturated carbocycles. The minimum Gasteiger partial charge on any atom is -0.304 e. The molecule has 0 amide bonds. The summed E-state index contributed by atoms with van der Waals surface area (Å²) < 4.78 is 62.0. The Kier molecular flexibility index (Phi) is 1.48. The van der Waals surface area contributed by atoms with Gasteiger partial charge in [-0.1, -0.05) is 36.1 Å². The molecular formula is C13H16ClNO. The molecule has 1 fully saturated rings. The Morgan fingerprint density at radius 2 is 2.38 bits per heavy atom. The quantitative estimate of drug-likeness (QED) is 0.868. The van der Waals surface area contributed by atoms with E-state index in [0.29, 0.717) is 12.8 Å². The van der Waals surface area contributed by atoms with Gasteiger partial charge >= 0.3 is 0 Å². The van der Waals surface area contributed by atoms with Crippen LogP contribution in [0.25, 0.3) is 0 Å². The van der Waals surface area contributed by atoms with Gasteiger partial charge in [-0.2, -0.15) is 0 Å². The number of carbonyl (C=O) groups is 1. The van der Waals surface area contributed by atoms with Gasteiger partial charge in [0.25, 0.3) is 0 Å². The van der Waals surface area contributed by atoms with Crippen LogP contribution < -0.4 is 5.31 Å². The van der Waals surface area contributed by atoms with E-state index in [1.165, 1.54) is 0 Å². The smallest absolute Gasteiger partial charge is 0.157 e. The van der Waals surface area contributed by atoms with Gasteiger partial charge in [0.05, 0.1) is 5.48 Å². The molecule has 1 aromatic rings. The van der Waals surface area contributed by atoms with E-state index >= 15 is 0 Å². The fourth-order valence-electron chi connectivity index (χ4n) is 2.03. The van der Waals surface area contributed by atoms with E-state index in [1.807, 2.05) is 0 Å². The molecule has 0 heterocycles. The number of carbonyl (C=O) groups excluding carboxylic acids is 1. The van der Waals surface area contributed by atoms with Crippen LogP contribution in [-0.4, -0.2) is 12.8 Å². The lowest BCUT2D eigenvalue weighted by Crippen LogP contribution is -2.49. The van der Waals surface area contributed by atoms with Gasteiger partial charge in [0.2, 0.25) is 0 Å². The van der Waals surface area contributed by atoms with Crippen LogP contribution in [0.3, 0.4) is 0 Å². The molecule has 86 valence electrons. The zero-order valence-electron chi connectivity index (χ0n) is 16.6. The van der Waals surface area contributed by atoms with Crippen molar-refractivity contribution in [2.45, 2.75) is 31.2 Å². The Morgan fingerprint density at radius 1 is 1.56 bits per heavy atom. The Hall–Kier alpha value is -0.860. The third-order valence-electron chi connectivity index (χ3n) is 2.90. The summed E-state index contributed by atoms with van der Waals surface area (Å²) in [5, 5.41) is -0.249. The van der Waals surface area contributed by atoms with Crippen molar-refractivity contribution in [1.82, 2.24) is 5.31 Å². The van der Waals surface area contributed by atoms with E-state index in [0.717, 1.165) is 0 Å². The summed E-state index contributed by atoms with van der Waals surface area (Å²) in [6, 6.07) is -2.32. The number of nitrogens with one attached hydrogen (secondary N) is 1. The van der Waals surface area contributed by atoms with Crippen LogP contribution >= 0.6 is 11.6 Å². The molecule has 0 spiro atoms. The molecule has 2 rings (SSSR count). The number of likely N-dealkylation sites (N-methyl/N-ethyl adjacent to an activating group) is 1. The van der Waals surface area contributed by atoms with Crippen molar-refractivity contribution in [2.75, 3.05) is 6.98 Å². The fourth-order valence-corrected chi connectivity index (χ4v) is 2.28. The van der Waals surface area contributed by atoms with Crippen molar-refractivity contribution < 1.29 is 15.8 Å². The molecule has 0 radical (unpaired) electrons. The van der Waals surface area contributed by atoms with Gasteiger partial charge in [-0.05, 0) is 31.4 Å². The highest BCUT2D eigenvalue weighted by Gasteiger charge is 2.40. The molecule has 1 aliphatic rings. The summed E-state index contributed by atoms with van der Waals surface area (Å²) in [7, 11) is 0. The summed E-state index contributed by atoms with van der Waals surface area (Å²) in [5.41, 5.74) is -2.34. The number of rotatable bonds is 2. The van der Waals surface area contributed by atoms with Gasteiger partial charge in [-0.15, -0.1) is 0 Å². The SMILES string of the molecule is [2H]c1c([2H])c([2H])c(C2(N([2H])C([2H])([2H])[2H])CCCCC2=O)c(Cl)c1[2H]. The van der Waals surface area contributed by atoms with E-state index in [1.54, 1.807) is 0 Å². The van der Waals surface area contributed by atoms with Crippen LogP contribution in [0.4, 0.5) is 0 Å². The lowest BCUT2D eigenvalue weighted by molar-refractivity contribution is -0.127. The highest BCUT2D eigenvalue weighted by Crippen LogP contribution is 2.37. The van der Waals surface area contributed by atoms with Gasteiger partial charge in [0.15, 0.2) is 5.78 Å². The van der Waals surface area contributed by atoms with Crippen LogP contribution in [0, 0.1) is 0 Å². The zero-order valence-corrected chi connectivity index (χ0v) is 9.32. The molecule has 1 unspecified atom stereocenters. The number of benzene rings is 1. The van der Waals surface area contributed by atoms with Crippen molar-refractivity contribution in [3.05, 3.63) is 34.8 Å². The van der Waals surface area contributed by atoms with E-state index < -0.39 is 47.5 Å². The molecule has 0 aliphatic heterocycles. The summed E-state index contributed by atoms with van der Waals surface area (Å²) >= 11 is 6.10. The van der Waals surface area contributed by atoms with Crippen LogP contribution in [-0.2, 0) is 10.3 Å². The van der Waals surface area contributed by atoms with Gasteiger partial charge in [0.1, 0.15) is 6.95 Å². The maximum absolute atomic E-state index is 12.7. The van der Waals surface area contributed by atoms with Gasteiger partial charge in [-0.3, -0.25) is 4.79 Å². The first-order chi connectivity index (χ1) is 11.0. The molecule has 0 saturated heterocycles. The van der Waals surface area contributed by atoms with Gasteiger partial charge in [-0.25, -0.2) is 0 Å². The van der Waals surface area contributed by atoms with Gasteiger partial charge in [0, 0.05) is 15.6 Å². The first-order valence-corrected chi connectivity index (χ1v) is 5.43. The number of halogens is 1. The van der Waals surface area contributed by atoms with E-state index in [9.17, 15) is 4.79 Å². The first-order valence-electron chi connectivity index (χ1n) is 8.99. The Labute approximate surface area is 112 Å². The molecule has 16 heavy (non-hydrogen) atoms. The standard InChI is InChI=1S/C13H16ClNO/c1-15-13(9-5-4-8-12(13)16)10-6-2-3-7-11(10)14/h2-3,6-7,15H,4-5,8-9H2,1H3/i1D3,2D,3D,6D,7D/hD. The van der Waals surface area contributed by atoms with Crippen molar-refractivity contribution in [2.24, 2.45) is 0 Å². The molecule has 0 aromatic heterocycles. The lowest BCUT2D eigenvalue weighted by Gasteiger charge is -2.36. The third-order valence-corrected chi connectivity index (χ3v) is 3.18. The summed E-state index contributed by atoms with van der Waals surface area (Å²) in [6.07, 6.45) is 0.939. The van der Waals surface area contributed by atoms with Crippen LogP contribution in [0.5, 0.6) is 0 Å². The van der Waals surface area contributed by atoms with E-state index in [2.05, 4.69) is 0 Å². The van der Waals surface area contributed by atoms with Crippen LogP contribution in [0.15, 0.2) is 24.2 Å². The highest BCUT2D eigenvalue weighted by molar-refractivity contribution is 6.31. The number of hydrogen-bond acceptors (Lipinski definition) is 2. The molecular weight excluding hydrogens is 222 g/mol. The second-order valence-corrected chi connectivity index (χ2v) is 4.17. The van der Waals surface area contributed by atoms with Crippen LogP contribution in [0.1, 0.15) is 40.8 Å². The average Bonchev–Trinajstić information content (AvgIpc) is 2.51. The molecule has 1 aromatic carbocycles. The maximum Gasteiger partial charge on any atom is 0.157 e. The summed E-state index contributed by atoms with van der Waals surface area (Å²) in [5.74, 6) is -0.577. The van der Waals surface area contributed by atoms with Crippen LogP contribution in [0.2, 0.25) is 6.43 Å². The second kappa shape index (κ2) is 4.56. The minimum atomic E-state index is -2.95. The monoisotopic (exact) mass is 245 g/mol. The van der Waals surface area contributed by atoms with E-state index in [-0.39, 0.29) is 23.7 Å². The highest BCUT2D eigenvalue weighted by atomic mass is 35.5. The average molecular weight is 246 g/mol. The second-order valence-electron chi connectivity index (χ2n) is 3.79. The maximum atomic E-state index is 12.7. The molecule has 1 N–H and O–H groups in total. The lowest BCUT2D eigenvalue weighted by atomic mass is 9.75. The molecule has 1 aliphatic carbocycles. The molecule has 0 bridgehead atoms. The Balaban J connectivity index is 2.87. The number of hydrogen-bond donors (Lipinski definition) is 1. The predicted molar refractivity (Wildman–Crippen MR) is 65.7 cm³/mol. The normalized spacial score (nSPS) is 34.0. The molecule has 1 atom stereocenters. The molecule has 3 heteroatoms. The van der Waals surface area contributed by atoms with E-state index in [4.69, 9.17) is 22.6 Å². The largest absolute Gasteiger partial charge is 0.304 e. The number of ketones is 1. The van der Waals surface area contributed by atoms with Crippen molar-refractivity contribution in [1.29, 1.82) is 0 Å². The minimum absolute atomic E-state index is 0.0184. The van der Waals surface area contributed by atoms with Crippen molar-refractivity contribution in [3.8, 4) is 0 Å². The Bertz CT molecular complexity index is 663. The first kappa shape index (κ1) is 5.19. The fraction of sp³-hybridized carbons (Fsp3) is 0.462. The summed E-state index contributed by atoms with van der Waals surface area (Å²) in [6.45, 7) is -2.95.